The lowest BCUT2D eigenvalue weighted by molar-refractivity contribution is -0.0352. The van der Waals surface area contributed by atoms with E-state index in [9.17, 15) is 0 Å². The van der Waals surface area contributed by atoms with Gasteiger partial charge in [0.05, 0.1) is 9.26 Å². The standard InChI is InChI=1S/C16H26IN3O/c1-4-9-12-13(17)14(18-2)20-15(19-12)16(21-3)10-7-5-6-8-11-16/h4-11H2,1-3H3,(H,18,19,20). The molecule has 0 unspecified atom stereocenters. The van der Waals surface area contributed by atoms with Crippen LogP contribution in [0.1, 0.15) is 63.4 Å². The molecule has 0 atom stereocenters. The van der Waals surface area contributed by atoms with E-state index in [0.29, 0.717) is 0 Å². The molecule has 1 aromatic rings. The number of methoxy groups -OCH3 is 1. The number of ether oxygens (including phenoxy) is 1. The van der Waals surface area contributed by atoms with Crippen molar-refractivity contribution in [3.63, 3.8) is 0 Å². The topological polar surface area (TPSA) is 47.0 Å². The summed E-state index contributed by atoms with van der Waals surface area (Å²) in [5.41, 5.74) is 0.850. The number of aromatic nitrogens is 2. The molecule has 0 bridgehead atoms. The van der Waals surface area contributed by atoms with E-state index < -0.39 is 0 Å². The zero-order chi connectivity index (χ0) is 15.3. The van der Waals surface area contributed by atoms with Crippen LogP contribution >= 0.6 is 22.6 Å². The quantitative estimate of drug-likeness (QED) is 0.589. The second-order valence-corrected chi connectivity index (χ2v) is 6.85. The van der Waals surface area contributed by atoms with Crippen LogP contribution in [0, 0.1) is 3.57 Å². The number of hydrogen-bond acceptors (Lipinski definition) is 4. The molecule has 118 valence electrons. The minimum absolute atomic E-state index is 0.297. The molecule has 0 saturated heterocycles. The number of nitrogens with zero attached hydrogens (tertiary/aromatic N) is 2. The van der Waals surface area contributed by atoms with Crippen molar-refractivity contribution in [3.05, 3.63) is 15.1 Å². The van der Waals surface area contributed by atoms with E-state index in [1.54, 1.807) is 0 Å². The minimum Gasteiger partial charge on any atom is -0.372 e. The predicted octanol–water partition coefficient (Wildman–Crippen LogP) is 4.27. The zero-order valence-corrected chi connectivity index (χ0v) is 15.5. The molecule has 1 heterocycles. The summed E-state index contributed by atoms with van der Waals surface area (Å²) in [7, 11) is 3.74. The highest BCUT2D eigenvalue weighted by atomic mass is 127. The summed E-state index contributed by atoms with van der Waals surface area (Å²) >= 11 is 2.35. The van der Waals surface area contributed by atoms with Crippen LogP contribution in [-0.2, 0) is 16.8 Å². The van der Waals surface area contributed by atoms with E-state index in [1.807, 2.05) is 14.2 Å². The van der Waals surface area contributed by atoms with Crippen molar-refractivity contribution in [2.75, 3.05) is 19.5 Å². The SMILES string of the molecule is CCCc1nc(C2(OC)CCCCCC2)nc(NC)c1I. The minimum atomic E-state index is -0.297. The Hall–Kier alpha value is -0.430. The number of halogens is 1. The Bertz CT molecular complexity index is 471. The van der Waals surface area contributed by atoms with E-state index in [1.165, 1.54) is 25.7 Å². The summed E-state index contributed by atoms with van der Waals surface area (Å²) in [4.78, 5) is 9.68. The van der Waals surface area contributed by atoms with Gasteiger partial charge in [0, 0.05) is 14.2 Å². The van der Waals surface area contributed by atoms with Gasteiger partial charge in [-0.15, -0.1) is 0 Å². The fraction of sp³-hybridized carbons (Fsp3) is 0.750. The second-order valence-electron chi connectivity index (χ2n) is 5.77. The number of anilines is 1. The molecule has 21 heavy (non-hydrogen) atoms. The van der Waals surface area contributed by atoms with Crippen molar-refractivity contribution >= 4 is 28.4 Å². The largest absolute Gasteiger partial charge is 0.372 e. The third-order valence-corrected chi connectivity index (χ3v) is 5.49. The van der Waals surface area contributed by atoms with Crippen LogP contribution in [0.25, 0.3) is 0 Å². The van der Waals surface area contributed by atoms with Gasteiger partial charge >= 0.3 is 0 Å². The van der Waals surface area contributed by atoms with E-state index in [2.05, 4.69) is 34.8 Å². The molecule has 2 rings (SSSR count). The van der Waals surface area contributed by atoms with Crippen molar-refractivity contribution in [1.82, 2.24) is 9.97 Å². The molecule has 1 aliphatic rings. The Morgan fingerprint density at radius 2 is 1.86 bits per heavy atom. The maximum absolute atomic E-state index is 5.96. The van der Waals surface area contributed by atoms with E-state index in [-0.39, 0.29) is 5.60 Å². The highest BCUT2D eigenvalue weighted by molar-refractivity contribution is 14.1. The monoisotopic (exact) mass is 403 g/mol. The first-order valence-electron chi connectivity index (χ1n) is 7.96. The Labute approximate surface area is 141 Å². The van der Waals surface area contributed by atoms with E-state index in [4.69, 9.17) is 14.7 Å². The van der Waals surface area contributed by atoms with Crippen molar-refractivity contribution < 1.29 is 4.74 Å². The maximum atomic E-state index is 5.96. The fourth-order valence-corrected chi connectivity index (χ4v) is 3.86. The van der Waals surface area contributed by atoms with Gasteiger partial charge in [0.25, 0.3) is 0 Å². The second kappa shape index (κ2) is 7.72. The summed E-state index contributed by atoms with van der Waals surface area (Å²) < 4.78 is 7.10. The molecule has 0 amide bonds. The molecule has 1 saturated carbocycles. The van der Waals surface area contributed by atoms with Gasteiger partial charge in [0.2, 0.25) is 0 Å². The van der Waals surface area contributed by atoms with Gasteiger partial charge in [-0.25, -0.2) is 9.97 Å². The van der Waals surface area contributed by atoms with Gasteiger partial charge in [0.15, 0.2) is 5.82 Å². The Morgan fingerprint density at radius 1 is 1.19 bits per heavy atom. The predicted molar refractivity (Wildman–Crippen MR) is 94.7 cm³/mol. The maximum Gasteiger partial charge on any atom is 0.162 e. The average molecular weight is 403 g/mol. The number of aryl methyl sites for hydroxylation is 1. The van der Waals surface area contributed by atoms with Crippen LogP contribution in [-0.4, -0.2) is 24.1 Å². The van der Waals surface area contributed by atoms with Crippen LogP contribution in [0.2, 0.25) is 0 Å². The third kappa shape index (κ3) is 3.67. The summed E-state index contributed by atoms with van der Waals surface area (Å²) in [6.07, 6.45) is 9.10. The summed E-state index contributed by atoms with van der Waals surface area (Å²) in [6.45, 7) is 2.19. The van der Waals surface area contributed by atoms with Crippen molar-refractivity contribution in [2.45, 2.75) is 63.9 Å². The molecular formula is C16H26IN3O. The smallest absolute Gasteiger partial charge is 0.162 e. The highest BCUT2D eigenvalue weighted by Gasteiger charge is 2.36. The van der Waals surface area contributed by atoms with Gasteiger partial charge in [-0.1, -0.05) is 39.0 Å². The first-order chi connectivity index (χ1) is 10.2. The number of nitrogens with one attached hydrogen (secondary N) is 1. The molecule has 0 aromatic carbocycles. The summed E-state index contributed by atoms with van der Waals surface area (Å²) in [5, 5.41) is 3.22. The molecule has 1 fully saturated rings. The molecule has 4 nitrogen and oxygen atoms in total. The van der Waals surface area contributed by atoms with E-state index in [0.717, 1.165) is 46.6 Å². The Morgan fingerprint density at radius 3 is 2.38 bits per heavy atom. The molecule has 0 radical (unpaired) electrons. The molecule has 1 N–H and O–H groups in total. The van der Waals surface area contributed by atoms with Gasteiger partial charge in [-0.05, 0) is 41.9 Å². The van der Waals surface area contributed by atoms with Gasteiger partial charge in [-0.2, -0.15) is 0 Å². The molecule has 0 aliphatic heterocycles. The summed E-state index contributed by atoms with van der Waals surface area (Å²) in [5.74, 6) is 1.81. The molecule has 1 aliphatic carbocycles. The van der Waals surface area contributed by atoms with Gasteiger partial charge < -0.3 is 10.1 Å². The van der Waals surface area contributed by atoms with Crippen molar-refractivity contribution in [3.8, 4) is 0 Å². The number of rotatable bonds is 5. The van der Waals surface area contributed by atoms with E-state index >= 15 is 0 Å². The van der Waals surface area contributed by atoms with Gasteiger partial charge in [-0.3, -0.25) is 0 Å². The zero-order valence-electron chi connectivity index (χ0n) is 13.3. The average Bonchev–Trinajstić information content (AvgIpc) is 2.76. The molecule has 5 heteroatoms. The van der Waals surface area contributed by atoms with Gasteiger partial charge in [0.1, 0.15) is 11.4 Å². The van der Waals surface area contributed by atoms with Crippen LogP contribution in [0.4, 0.5) is 5.82 Å². The van der Waals surface area contributed by atoms with Crippen molar-refractivity contribution in [2.24, 2.45) is 0 Å². The molecule has 0 spiro atoms. The number of hydrogen-bond donors (Lipinski definition) is 1. The van der Waals surface area contributed by atoms with Crippen LogP contribution in [0.5, 0.6) is 0 Å². The first-order valence-corrected chi connectivity index (χ1v) is 9.04. The Balaban J connectivity index is 2.46. The highest BCUT2D eigenvalue weighted by Crippen LogP contribution is 2.38. The normalized spacial score (nSPS) is 18.3. The molecular weight excluding hydrogens is 377 g/mol. The first kappa shape index (κ1) is 16.9. The van der Waals surface area contributed by atoms with Crippen molar-refractivity contribution in [1.29, 1.82) is 0 Å². The third-order valence-electron chi connectivity index (χ3n) is 4.35. The van der Waals surface area contributed by atoms with Crippen LogP contribution in [0.3, 0.4) is 0 Å². The summed E-state index contributed by atoms with van der Waals surface area (Å²) in [6, 6.07) is 0. The Kier molecular flexibility index (Phi) is 6.22. The fourth-order valence-electron chi connectivity index (χ4n) is 3.08. The molecule has 1 aromatic heterocycles. The lowest BCUT2D eigenvalue weighted by atomic mass is 9.93. The van der Waals surface area contributed by atoms with Crippen LogP contribution in [0.15, 0.2) is 0 Å². The lowest BCUT2D eigenvalue weighted by Gasteiger charge is -2.30. The lowest BCUT2D eigenvalue weighted by Crippen LogP contribution is -2.31. The van der Waals surface area contributed by atoms with Crippen LogP contribution < -0.4 is 5.32 Å².